The molecule has 0 heterocycles. The Labute approximate surface area is 170 Å². The van der Waals surface area contributed by atoms with Crippen molar-refractivity contribution in [2.75, 3.05) is 7.11 Å². The van der Waals surface area contributed by atoms with Crippen LogP contribution in [0, 0.1) is 6.92 Å². The first-order valence-electron chi connectivity index (χ1n) is 9.35. The summed E-state index contributed by atoms with van der Waals surface area (Å²) in [4.78, 5) is 27.5. The van der Waals surface area contributed by atoms with Gasteiger partial charge in [0, 0.05) is 12.1 Å². The van der Waals surface area contributed by atoms with E-state index in [1.54, 1.807) is 25.3 Å². The summed E-state index contributed by atoms with van der Waals surface area (Å²) in [5, 5.41) is 0. The van der Waals surface area contributed by atoms with Crippen LogP contribution in [0.25, 0.3) is 0 Å². The van der Waals surface area contributed by atoms with Gasteiger partial charge >= 0.3 is 0 Å². The van der Waals surface area contributed by atoms with Crippen LogP contribution < -0.4 is 10.5 Å². The highest BCUT2D eigenvalue weighted by molar-refractivity contribution is 5.98. The zero-order chi connectivity index (χ0) is 20.8. The lowest BCUT2D eigenvalue weighted by Crippen LogP contribution is -2.41. The average molecular weight is 388 g/mol. The van der Waals surface area contributed by atoms with Crippen molar-refractivity contribution in [3.63, 3.8) is 0 Å². The Morgan fingerprint density at radius 1 is 0.966 bits per heavy atom. The molecule has 0 unspecified atom stereocenters. The third kappa shape index (κ3) is 4.63. The van der Waals surface area contributed by atoms with E-state index in [0.29, 0.717) is 16.9 Å². The number of nitrogens with two attached hydrogens (primary N) is 1. The number of carbonyl (C=O) groups excluding carboxylic acids is 2. The standard InChI is InChI=1S/C24H24N2O3/c1-17-9-6-7-14-21(17)24(28)26(16-18-10-8-13-20(15-18)29-2)22(23(25)27)19-11-4-3-5-12-19/h3-15,22H,16H2,1-2H3,(H2,25,27)/t22-/m1/s1. The molecule has 3 aromatic carbocycles. The van der Waals surface area contributed by atoms with E-state index < -0.39 is 11.9 Å². The fourth-order valence-electron chi connectivity index (χ4n) is 3.35. The fourth-order valence-corrected chi connectivity index (χ4v) is 3.35. The number of hydrogen-bond acceptors (Lipinski definition) is 3. The Morgan fingerprint density at radius 3 is 2.31 bits per heavy atom. The highest BCUT2D eigenvalue weighted by Gasteiger charge is 2.31. The van der Waals surface area contributed by atoms with E-state index in [2.05, 4.69) is 0 Å². The predicted molar refractivity (Wildman–Crippen MR) is 112 cm³/mol. The molecule has 0 aliphatic heterocycles. The van der Waals surface area contributed by atoms with Crippen LogP contribution in [0.4, 0.5) is 0 Å². The van der Waals surface area contributed by atoms with E-state index in [0.717, 1.165) is 11.1 Å². The van der Waals surface area contributed by atoms with Crippen LogP contribution >= 0.6 is 0 Å². The number of carbonyl (C=O) groups is 2. The number of methoxy groups -OCH3 is 1. The Bertz CT molecular complexity index is 1000. The van der Waals surface area contributed by atoms with Gasteiger partial charge in [0.25, 0.3) is 5.91 Å². The molecule has 0 radical (unpaired) electrons. The average Bonchev–Trinajstić information content (AvgIpc) is 2.74. The smallest absolute Gasteiger partial charge is 0.255 e. The number of hydrogen-bond donors (Lipinski definition) is 1. The van der Waals surface area contributed by atoms with Crippen LogP contribution in [0.3, 0.4) is 0 Å². The maximum absolute atomic E-state index is 13.5. The first kappa shape index (κ1) is 20.1. The molecule has 148 valence electrons. The van der Waals surface area contributed by atoms with Crippen LogP contribution in [-0.2, 0) is 11.3 Å². The van der Waals surface area contributed by atoms with Crippen LogP contribution in [0.1, 0.15) is 33.1 Å². The molecular weight excluding hydrogens is 364 g/mol. The van der Waals surface area contributed by atoms with E-state index in [9.17, 15) is 9.59 Å². The largest absolute Gasteiger partial charge is 0.497 e. The van der Waals surface area contributed by atoms with Gasteiger partial charge in [-0.3, -0.25) is 9.59 Å². The number of primary amides is 1. The summed E-state index contributed by atoms with van der Waals surface area (Å²) in [6, 6.07) is 23.0. The lowest BCUT2D eigenvalue weighted by molar-refractivity contribution is -0.122. The second-order valence-electron chi connectivity index (χ2n) is 6.82. The summed E-state index contributed by atoms with van der Waals surface area (Å²) < 4.78 is 5.30. The van der Waals surface area contributed by atoms with Crippen LogP contribution in [0.2, 0.25) is 0 Å². The molecule has 2 amide bonds. The first-order valence-corrected chi connectivity index (χ1v) is 9.35. The Balaban J connectivity index is 2.08. The monoisotopic (exact) mass is 388 g/mol. The number of aryl methyl sites for hydroxylation is 1. The molecule has 0 aromatic heterocycles. The van der Waals surface area contributed by atoms with Crippen molar-refractivity contribution in [1.82, 2.24) is 4.90 Å². The summed E-state index contributed by atoms with van der Waals surface area (Å²) in [5.41, 5.74) is 8.66. The van der Waals surface area contributed by atoms with Crippen molar-refractivity contribution in [3.05, 3.63) is 101 Å². The number of ether oxygens (including phenoxy) is 1. The van der Waals surface area contributed by atoms with E-state index in [4.69, 9.17) is 10.5 Å². The van der Waals surface area contributed by atoms with Gasteiger partial charge < -0.3 is 15.4 Å². The van der Waals surface area contributed by atoms with Crippen molar-refractivity contribution in [3.8, 4) is 5.75 Å². The van der Waals surface area contributed by atoms with Gasteiger partial charge in [-0.15, -0.1) is 0 Å². The van der Waals surface area contributed by atoms with Crippen LogP contribution in [-0.4, -0.2) is 23.8 Å². The lowest BCUT2D eigenvalue weighted by Gasteiger charge is -2.31. The Morgan fingerprint density at radius 2 is 1.66 bits per heavy atom. The molecule has 0 bridgehead atoms. The van der Waals surface area contributed by atoms with Crippen molar-refractivity contribution < 1.29 is 14.3 Å². The maximum Gasteiger partial charge on any atom is 0.255 e. The number of amides is 2. The van der Waals surface area contributed by atoms with Gasteiger partial charge in [0.2, 0.25) is 5.91 Å². The molecule has 5 nitrogen and oxygen atoms in total. The summed E-state index contributed by atoms with van der Waals surface area (Å²) >= 11 is 0. The van der Waals surface area contributed by atoms with Gasteiger partial charge in [0.1, 0.15) is 11.8 Å². The topological polar surface area (TPSA) is 72.6 Å². The van der Waals surface area contributed by atoms with E-state index in [1.165, 1.54) is 4.90 Å². The molecule has 1 atom stereocenters. The second kappa shape index (κ2) is 9.06. The van der Waals surface area contributed by atoms with Gasteiger partial charge in [-0.25, -0.2) is 0 Å². The summed E-state index contributed by atoms with van der Waals surface area (Å²) in [7, 11) is 1.59. The Kier molecular flexibility index (Phi) is 6.29. The lowest BCUT2D eigenvalue weighted by atomic mass is 10.0. The van der Waals surface area contributed by atoms with Crippen molar-refractivity contribution in [2.45, 2.75) is 19.5 Å². The van der Waals surface area contributed by atoms with Crippen molar-refractivity contribution in [2.24, 2.45) is 5.73 Å². The molecule has 0 spiro atoms. The van der Waals surface area contributed by atoms with Gasteiger partial charge in [-0.05, 0) is 41.8 Å². The molecule has 0 aliphatic rings. The third-order valence-electron chi connectivity index (χ3n) is 4.82. The molecule has 0 saturated heterocycles. The molecule has 3 aromatic rings. The van der Waals surface area contributed by atoms with Crippen LogP contribution in [0.5, 0.6) is 5.75 Å². The molecule has 0 fully saturated rings. The quantitative estimate of drug-likeness (QED) is 0.668. The fraction of sp³-hybridized carbons (Fsp3) is 0.167. The molecule has 2 N–H and O–H groups in total. The number of benzene rings is 3. The predicted octanol–water partition coefficient (Wildman–Crippen LogP) is 3.87. The molecule has 5 heteroatoms. The molecule has 0 aliphatic carbocycles. The second-order valence-corrected chi connectivity index (χ2v) is 6.82. The van der Waals surface area contributed by atoms with Crippen molar-refractivity contribution >= 4 is 11.8 Å². The van der Waals surface area contributed by atoms with E-state index in [-0.39, 0.29) is 12.5 Å². The zero-order valence-corrected chi connectivity index (χ0v) is 16.5. The van der Waals surface area contributed by atoms with E-state index in [1.807, 2.05) is 67.6 Å². The van der Waals surface area contributed by atoms with Gasteiger partial charge in [0.15, 0.2) is 0 Å². The highest BCUT2D eigenvalue weighted by atomic mass is 16.5. The summed E-state index contributed by atoms with van der Waals surface area (Å²) in [6.07, 6.45) is 0. The minimum atomic E-state index is -0.894. The van der Waals surface area contributed by atoms with Crippen molar-refractivity contribution in [1.29, 1.82) is 0 Å². The number of rotatable bonds is 7. The molecule has 29 heavy (non-hydrogen) atoms. The zero-order valence-electron chi connectivity index (χ0n) is 16.5. The van der Waals surface area contributed by atoms with Crippen LogP contribution in [0.15, 0.2) is 78.9 Å². The minimum Gasteiger partial charge on any atom is -0.497 e. The molecule has 0 saturated carbocycles. The highest BCUT2D eigenvalue weighted by Crippen LogP contribution is 2.27. The summed E-state index contributed by atoms with van der Waals surface area (Å²) in [6.45, 7) is 2.09. The Hall–Kier alpha value is -3.60. The van der Waals surface area contributed by atoms with Gasteiger partial charge in [-0.1, -0.05) is 60.7 Å². The SMILES string of the molecule is COc1cccc(CN(C(=O)c2ccccc2C)[C@@H](C(N)=O)c2ccccc2)c1. The maximum atomic E-state index is 13.5. The first-order chi connectivity index (χ1) is 14.0. The normalized spacial score (nSPS) is 11.5. The van der Waals surface area contributed by atoms with E-state index >= 15 is 0 Å². The molecular formula is C24H24N2O3. The number of nitrogens with zero attached hydrogens (tertiary/aromatic N) is 1. The third-order valence-corrected chi connectivity index (χ3v) is 4.82. The molecule has 3 rings (SSSR count). The summed E-state index contributed by atoms with van der Waals surface area (Å²) in [5.74, 6) is -0.152. The van der Waals surface area contributed by atoms with Gasteiger partial charge in [0.05, 0.1) is 7.11 Å². The van der Waals surface area contributed by atoms with Gasteiger partial charge in [-0.2, -0.15) is 0 Å². The minimum absolute atomic E-state index is 0.215.